The van der Waals surface area contributed by atoms with Gasteiger partial charge in [-0.05, 0) is 18.1 Å². The predicted octanol–water partition coefficient (Wildman–Crippen LogP) is 1.71. The smallest absolute Gasteiger partial charge is 0.227 e. The standard InChI is InChI=1S/C16H20N4O2S/c1-20(11-13-5-3-2-4-6-13)16-17-9-7-15(19-16)18-14-8-10-23(21,22)12-14/h2-7,9,14H,8,10-12H2,1H3,(H,17,18,19). The van der Waals surface area contributed by atoms with Crippen LogP contribution in [0.4, 0.5) is 11.8 Å². The van der Waals surface area contributed by atoms with Crippen molar-refractivity contribution in [2.75, 3.05) is 28.8 Å². The van der Waals surface area contributed by atoms with Crippen LogP contribution >= 0.6 is 0 Å². The Bertz CT molecular complexity index is 765. The van der Waals surface area contributed by atoms with Crippen molar-refractivity contribution in [3.63, 3.8) is 0 Å². The van der Waals surface area contributed by atoms with Crippen LogP contribution in [0.5, 0.6) is 0 Å². The van der Waals surface area contributed by atoms with Crippen LogP contribution in [0.3, 0.4) is 0 Å². The highest BCUT2D eigenvalue weighted by molar-refractivity contribution is 7.91. The fourth-order valence-electron chi connectivity index (χ4n) is 2.66. The van der Waals surface area contributed by atoms with Gasteiger partial charge in [-0.25, -0.2) is 13.4 Å². The van der Waals surface area contributed by atoms with Gasteiger partial charge in [0, 0.05) is 25.8 Å². The van der Waals surface area contributed by atoms with Crippen molar-refractivity contribution in [2.24, 2.45) is 0 Å². The van der Waals surface area contributed by atoms with Gasteiger partial charge in [-0.2, -0.15) is 4.98 Å². The minimum absolute atomic E-state index is 0.0674. The summed E-state index contributed by atoms with van der Waals surface area (Å²) >= 11 is 0. The molecule has 1 saturated heterocycles. The molecule has 0 saturated carbocycles. The molecular weight excluding hydrogens is 312 g/mol. The molecule has 2 aromatic rings. The summed E-state index contributed by atoms with van der Waals surface area (Å²) in [5.41, 5.74) is 1.18. The fraction of sp³-hybridized carbons (Fsp3) is 0.375. The second kappa shape index (κ2) is 6.54. The van der Waals surface area contributed by atoms with E-state index in [4.69, 9.17) is 0 Å². The van der Waals surface area contributed by atoms with Gasteiger partial charge in [-0.3, -0.25) is 0 Å². The maximum Gasteiger partial charge on any atom is 0.227 e. The zero-order chi connectivity index (χ0) is 16.3. The van der Waals surface area contributed by atoms with Crippen molar-refractivity contribution in [1.29, 1.82) is 0 Å². The summed E-state index contributed by atoms with van der Waals surface area (Å²) in [5.74, 6) is 1.69. The SMILES string of the molecule is CN(Cc1ccccc1)c1nccc(NC2CCS(=O)(=O)C2)n1. The van der Waals surface area contributed by atoms with Crippen LogP contribution < -0.4 is 10.2 Å². The van der Waals surface area contributed by atoms with Crippen LogP contribution in [0.1, 0.15) is 12.0 Å². The summed E-state index contributed by atoms with van der Waals surface area (Å²) < 4.78 is 23.1. The van der Waals surface area contributed by atoms with Crippen molar-refractivity contribution in [2.45, 2.75) is 19.0 Å². The highest BCUT2D eigenvalue weighted by Crippen LogP contribution is 2.18. The van der Waals surface area contributed by atoms with Crippen LogP contribution in [0.2, 0.25) is 0 Å². The molecule has 0 aliphatic carbocycles. The molecule has 0 radical (unpaired) electrons. The monoisotopic (exact) mass is 332 g/mol. The third-order valence-electron chi connectivity index (χ3n) is 3.83. The molecule has 6 nitrogen and oxygen atoms in total. The first-order chi connectivity index (χ1) is 11.0. The molecule has 1 aromatic heterocycles. The lowest BCUT2D eigenvalue weighted by Gasteiger charge is -2.18. The number of hydrogen-bond donors (Lipinski definition) is 1. The maximum atomic E-state index is 11.5. The number of nitrogens with zero attached hydrogens (tertiary/aromatic N) is 3. The maximum absolute atomic E-state index is 11.5. The number of anilines is 2. The van der Waals surface area contributed by atoms with Crippen molar-refractivity contribution in [1.82, 2.24) is 9.97 Å². The highest BCUT2D eigenvalue weighted by Gasteiger charge is 2.28. The third kappa shape index (κ3) is 4.19. The van der Waals surface area contributed by atoms with E-state index in [0.29, 0.717) is 24.7 Å². The Kier molecular flexibility index (Phi) is 4.47. The molecule has 2 heterocycles. The van der Waals surface area contributed by atoms with Gasteiger partial charge in [0.15, 0.2) is 9.84 Å². The molecule has 23 heavy (non-hydrogen) atoms. The Morgan fingerprint density at radius 3 is 2.74 bits per heavy atom. The van der Waals surface area contributed by atoms with Gasteiger partial charge in [-0.15, -0.1) is 0 Å². The van der Waals surface area contributed by atoms with E-state index in [9.17, 15) is 8.42 Å². The Labute approximate surface area is 136 Å². The lowest BCUT2D eigenvalue weighted by Crippen LogP contribution is -2.23. The number of hydrogen-bond acceptors (Lipinski definition) is 6. The van der Waals surface area contributed by atoms with Crippen LogP contribution in [0.25, 0.3) is 0 Å². The van der Waals surface area contributed by atoms with Crippen LogP contribution in [0.15, 0.2) is 42.6 Å². The van der Waals surface area contributed by atoms with E-state index < -0.39 is 9.84 Å². The lowest BCUT2D eigenvalue weighted by atomic mass is 10.2. The molecular formula is C16H20N4O2S. The van der Waals surface area contributed by atoms with Gasteiger partial charge < -0.3 is 10.2 Å². The number of sulfone groups is 1. The van der Waals surface area contributed by atoms with Gasteiger partial charge in [0.25, 0.3) is 0 Å². The molecule has 1 fully saturated rings. The van der Waals surface area contributed by atoms with Gasteiger partial charge >= 0.3 is 0 Å². The molecule has 1 N–H and O–H groups in total. The van der Waals surface area contributed by atoms with Crippen molar-refractivity contribution >= 4 is 21.6 Å². The largest absolute Gasteiger partial charge is 0.366 e. The molecule has 0 bridgehead atoms. The van der Waals surface area contributed by atoms with Gasteiger partial charge in [0.05, 0.1) is 11.5 Å². The van der Waals surface area contributed by atoms with E-state index in [1.807, 2.05) is 30.1 Å². The number of nitrogens with one attached hydrogen (secondary N) is 1. The minimum atomic E-state index is -2.90. The summed E-state index contributed by atoms with van der Waals surface area (Å²) in [6.07, 6.45) is 2.32. The van der Waals surface area contributed by atoms with Crippen LogP contribution in [-0.2, 0) is 16.4 Å². The van der Waals surface area contributed by atoms with E-state index >= 15 is 0 Å². The van der Waals surface area contributed by atoms with E-state index in [2.05, 4.69) is 27.4 Å². The van der Waals surface area contributed by atoms with Crippen molar-refractivity contribution in [3.8, 4) is 0 Å². The molecule has 122 valence electrons. The van der Waals surface area contributed by atoms with Crippen LogP contribution in [0, 0.1) is 0 Å². The average molecular weight is 332 g/mol. The molecule has 0 amide bonds. The summed E-state index contributed by atoms with van der Waals surface area (Å²) in [7, 11) is -0.962. The van der Waals surface area contributed by atoms with E-state index in [1.165, 1.54) is 5.56 Å². The zero-order valence-electron chi connectivity index (χ0n) is 13.0. The molecule has 7 heteroatoms. The van der Waals surface area contributed by atoms with Crippen molar-refractivity contribution in [3.05, 3.63) is 48.2 Å². The van der Waals surface area contributed by atoms with E-state index in [-0.39, 0.29) is 17.5 Å². The second-order valence-electron chi connectivity index (χ2n) is 5.83. The lowest BCUT2D eigenvalue weighted by molar-refractivity contribution is 0.602. The average Bonchev–Trinajstić information content (AvgIpc) is 2.87. The summed E-state index contributed by atoms with van der Waals surface area (Å²) in [6.45, 7) is 0.710. The second-order valence-corrected chi connectivity index (χ2v) is 8.06. The summed E-state index contributed by atoms with van der Waals surface area (Å²) in [4.78, 5) is 10.7. The first-order valence-corrected chi connectivity index (χ1v) is 9.39. The highest BCUT2D eigenvalue weighted by atomic mass is 32.2. The topological polar surface area (TPSA) is 75.2 Å². The Morgan fingerprint density at radius 1 is 1.26 bits per heavy atom. The first kappa shape index (κ1) is 15.7. The minimum Gasteiger partial charge on any atom is -0.366 e. The molecule has 0 spiro atoms. The normalized spacial score (nSPS) is 19.4. The van der Waals surface area contributed by atoms with Gasteiger partial charge in [0.2, 0.25) is 5.95 Å². The predicted molar refractivity (Wildman–Crippen MR) is 91.3 cm³/mol. The molecule has 3 rings (SSSR count). The Morgan fingerprint density at radius 2 is 2.04 bits per heavy atom. The molecule has 1 atom stereocenters. The Hall–Kier alpha value is -2.15. The van der Waals surface area contributed by atoms with Gasteiger partial charge in [-0.1, -0.05) is 30.3 Å². The van der Waals surface area contributed by atoms with E-state index in [0.717, 1.165) is 0 Å². The van der Waals surface area contributed by atoms with Gasteiger partial charge in [0.1, 0.15) is 5.82 Å². The zero-order valence-corrected chi connectivity index (χ0v) is 13.8. The summed E-state index contributed by atoms with van der Waals surface area (Å²) in [5, 5.41) is 3.20. The number of rotatable bonds is 5. The first-order valence-electron chi connectivity index (χ1n) is 7.57. The molecule has 1 aromatic carbocycles. The fourth-order valence-corrected chi connectivity index (χ4v) is 4.33. The van der Waals surface area contributed by atoms with Crippen molar-refractivity contribution < 1.29 is 8.42 Å². The quantitative estimate of drug-likeness (QED) is 0.898. The van der Waals surface area contributed by atoms with E-state index in [1.54, 1.807) is 12.3 Å². The summed E-state index contributed by atoms with van der Waals surface area (Å²) in [6, 6.07) is 11.8. The molecule has 1 unspecified atom stereocenters. The molecule has 1 aliphatic rings. The molecule has 1 aliphatic heterocycles. The van der Waals surface area contributed by atoms with Crippen LogP contribution in [-0.4, -0.2) is 43.0 Å². The number of benzene rings is 1. The Balaban J connectivity index is 1.67. The third-order valence-corrected chi connectivity index (χ3v) is 5.60. The number of aromatic nitrogens is 2.